The van der Waals surface area contributed by atoms with E-state index in [9.17, 15) is 9.90 Å². The molecule has 0 radical (unpaired) electrons. The summed E-state index contributed by atoms with van der Waals surface area (Å²) in [6, 6.07) is 0. The predicted octanol–water partition coefficient (Wildman–Crippen LogP) is 3.80. The fourth-order valence-corrected chi connectivity index (χ4v) is 6.24. The number of aliphatic hydroxyl groups is 1. The average Bonchev–Trinajstić information content (AvgIpc) is 2.92. The van der Waals surface area contributed by atoms with Gasteiger partial charge in [0.2, 0.25) is 0 Å². The van der Waals surface area contributed by atoms with Crippen LogP contribution in [-0.4, -0.2) is 17.0 Å². The lowest BCUT2D eigenvalue weighted by molar-refractivity contribution is -0.115. The molecule has 0 aromatic carbocycles. The standard InChI is InChI=1S/C21H26O2/c1-3-20-11-9-15(22)13-14(20)5-6-16-17-7-8-19(23)21(17,4-2)12-10-18(16)20/h1,10,13,16-17,19,23H,4-9,11-12H2,2H3/t16-,17-,19-,20-,21-/m0/s1. The molecule has 0 bridgehead atoms. The first-order valence-corrected chi connectivity index (χ1v) is 9.17. The molecular weight excluding hydrogens is 284 g/mol. The van der Waals surface area contributed by atoms with Crippen molar-refractivity contribution in [2.75, 3.05) is 0 Å². The van der Waals surface area contributed by atoms with Crippen LogP contribution in [0.25, 0.3) is 0 Å². The van der Waals surface area contributed by atoms with Crippen molar-refractivity contribution in [1.82, 2.24) is 0 Å². The topological polar surface area (TPSA) is 37.3 Å². The maximum absolute atomic E-state index is 11.9. The van der Waals surface area contributed by atoms with Crippen LogP contribution in [0.2, 0.25) is 0 Å². The number of ketones is 1. The van der Waals surface area contributed by atoms with E-state index in [0.29, 0.717) is 18.3 Å². The van der Waals surface area contributed by atoms with Gasteiger partial charge in [-0.15, -0.1) is 6.42 Å². The van der Waals surface area contributed by atoms with Crippen molar-refractivity contribution < 1.29 is 9.90 Å². The smallest absolute Gasteiger partial charge is 0.155 e. The second kappa shape index (κ2) is 5.08. The summed E-state index contributed by atoms with van der Waals surface area (Å²) in [6.07, 6.45) is 17.5. The van der Waals surface area contributed by atoms with Crippen molar-refractivity contribution in [3.8, 4) is 12.3 Å². The number of terminal acetylenes is 1. The fraction of sp³-hybridized carbons (Fsp3) is 0.667. The van der Waals surface area contributed by atoms with Crippen LogP contribution in [0.4, 0.5) is 0 Å². The molecule has 23 heavy (non-hydrogen) atoms. The SMILES string of the molecule is C#C[C@]12CCC(=O)C=C1CC[C@@H]1C2=CC[C@]2(CC)[C@@H](O)CC[C@@H]12. The molecule has 4 aliphatic carbocycles. The molecule has 2 saturated carbocycles. The highest BCUT2D eigenvalue weighted by Crippen LogP contribution is 2.63. The Morgan fingerprint density at radius 3 is 2.91 bits per heavy atom. The highest BCUT2D eigenvalue weighted by atomic mass is 16.3. The van der Waals surface area contributed by atoms with E-state index in [2.05, 4.69) is 18.9 Å². The van der Waals surface area contributed by atoms with Crippen LogP contribution in [0.3, 0.4) is 0 Å². The van der Waals surface area contributed by atoms with E-state index in [0.717, 1.165) is 44.9 Å². The van der Waals surface area contributed by atoms with Gasteiger partial charge in [0.25, 0.3) is 0 Å². The van der Waals surface area contributed by atoms with Crippen LogP contribution in [-0.2, 0) is 4.79 Å². The molecule has 2 nitrogen and oxygen atoms in total. The quantitative estimate of drug-likeness (QED) is 0.591. The summed E-state index contributed by atoms with van der Waals surface area (Å²) in [4.78, 5) is 11.9. The predicted molar refractivity (Wildman–Crippen MR) is 90.5 cm³/mol. The second-order valence-electron chi connectivity index (χ2n) is 7.98. The monoisotopic (exact) mass is 310 g/mol. The lowest BCUT2D eigenvalue weighted by Crippen LogP contribution is -2.47. The van der Waals surface area contributed by atoms with Gasteiger partial charge >= 0.3 is 0 Å². The van der Waals surface area contributed by atoms with Crippen molar-refractivity contribution in [2.24, 2.45) is 22.7 Å². The van der Waals surface area contributed by atoms with Crippen molar-refractivity contribution in [3.05, 3.63) is 23.3 Å². The summed E-state index contributed by atoms with van der Waals surface area (Å²) in [5, 5.41) is 10.6. The molecule has 0 aliphatic heterocycles. The molecule has 1 N–H and O–H groups in total. The van der Waals surface area contributed by atoms with Gasteiger partial charge in [-0.3, -0.25) is 4.79 Å². The molecule has 0 aromatic heterocycles. The maximum Gasteiger partial charge on any atom is 0.155 e. The van der Waals surface area contributed by atoms with E-state index in [1.807, 2.05) is 6.08 Å². The molecule has 5 atom stereocenters. The van der Waals surface area contributed by atoms with Gasteiger partial charge in [-0.25, -0.2) is 0 Å². The Bertz CT molecular complexity index is 649. The number of carbonyl (C=O) groups is 1. The largest absolute Gasteiger partial charge is 0.393 e. The number of aliphatic hydroxyl groups excluding tert-OH is 1. The van der Waals surface area contributed by atoms with Crippen LogP contribution < -0.4 is 0 Å². The summed E-state index contributed by atoms with van der Waals surface area (Å²) in [5.41, 5.74) is 2.36. The number of fused-ring (bicyclic) bond motifs is 5. The van der Waals surface area contributed by atoms with Crippen LogP contribution in [0.1, 0.15) is 58.3 Å². The van der Waals surface area contributed by atoms with Gasteiger partial charge in [-0.1, -0.05) is 18.9 Å². The number of hydrogen-bond acceptors (Lipinski definition) is 2. The zero-order valence-corrected chi connectivity index (χ0v) is 14.0. The van der Waals surface area contributed by atoms with E-state index < -0.39 is 0 Å². The molecule has 4 rings (SSSR count). The minimum absolute atomic E-state index is 0.0651. The Morgan fingerprint density at radius 2 is 2.17 bits per heavy atom. The van der Waals surface area contributed by atoms with E-state index in [4.69, 9.17) is 6.42 Å². The molecule has 0 aromatic rings. The first-order chi connectivity index (χ1) is 11.1. The Hall–Kier alpha value is -1.33. The molecular formula is C21H26O2. The molecule has 0 saturated heterocycles. The van der Waals surface area contributed by atoms with E-state index in [-0.39, 0.29) is 22.7 Å². The Balaban J connectivity index is 1.81. The summed E-state index contributed by atoms with van der Waals surface area (Å²) in [5.74, 6) is 4.41. The highest BCUT2D eigenvalue weighted by molar-refractivity contribution is 5.92. The second-order valence-corrected chi connectivity index (χ2v) is 7.98. The lowest BCUT2D eigenvalue weighted by Gasteiger charge is -2.53. The normalized spacial score (nSPS) is 45.3. The summed E-state index contributed by atoms with van der Waals surface area (Å²) >= 11 is 0. The highest BCUT2D eigenvalue weighted by Gasteiger charge is 2.57. The number of carbonyl (C=O) groups excluding carboxylic acids is 1. The third-order valence-corrected chi connectivity index (χ3v) is 7.49. The van der Waals surface area contributed by atoms with Crippen LogP contribution in [0, 0.1) is 35.0 Å². The van der Waals surface area contributed by atoms with Gasteiger partial charge in [0.15, 0.2) is 5.78 Å². The molecule has 0 heterocycles. The number of hydrogen-bond donors (Lipinski definition) is 1. The van der Waals surface area contributed by atoms with Crippen molar-refractivity contribution in [2.45, 2.75) is 64.4 Å². The maximum atomic E-state index is 11.9. The third kappa shape index (κ3) is 1.83. The first-order valence-electron chi connectivity index (χ1n) is 9.17. The fourth-order valence-electron chi connectivity index (χ4n) is 6.24. The van der Waals surface area contributed by atoms with Crippen molar-refractivity contribution in [1.29, 1.82) is 0 Å². The van der Waals surface area contributed by atoms with Crippen molar-refractivity contribution >= 4 is 5.78 Å². The molecule has 0 spiro atoms. The van der Waals surface area contributed by atoms with Gasteiger partial charge < -0.3 is 5.11 Å². The van der Waals surface area contributed by atoms with Crippen LogP contribution in [0.5, 0.6) is 0 Å². The average molecular weight is 310 g/mol. The van der Waals surface area contributed by atoms with Crippen LogP contribution in [0.15, 0.2) is 23.3 Å². The zero-order chi connectivity index (χ0) is 16.2. The van der Waals surface area contributed by atoms with E-state index in [1.165, 1.54) is 11.1 Å². The molecule has 0 amide bonds. The molecule has 2 heteroatoms. The zero-order valence-electron chi connectivity index (χ0n) is 14.0. The third-order valence-electron chi connectivity index (χ3n) is 7.49. The van der Waals surface area contributed by atoms with E-state index in [1.54, 1.807) is 0 Å². The Morgan fingerprint density at radius 1 is 1.35 bits per heavy atom. The van der Waals surface area contributed by atoms with E-state index >= 15 is 0 Å². The number of allylic oxidation sites excluding steroid dienone is 4. The van der Waals surface area contributed by atoms with Gasteiger partial charge in [-0.05, 0) is 74.0 Å². The minimum atomic E-state index is -0.301. The van der Waals surface area contributed by atoms with Crippen molar-refractivity contribution in [3.63, 3.8) is 0 Å². The minimum Gasteiger partial charge on any atom is -0.393 e. The Labute approximate surface area is 139 Å². The molecule has 2 fully saturated rings. The van der Waals surface area contributed by atoms with Gasteiger partial charge in [0, 0.05) is 11.8 Å². The Kier molecular flexibility index (Phi) is 3.36. The molecule has 122 valence electrons. The van der Waals surface area contributed by atoms with Gasteiger partial charge in [0.1, 0.15) is 0 Å². The lowest BCUT2D eigenvalue weighted by atomic mass is 9.51. The first kappa shape index (κ1) is 15.2. The summed E-state index contributed by atoms with van der Waals surface area (Å²) in [6.45, 7) is 2.23. The van der Waals surface area contributed by atoms with Gasteiger partial charge in [-0.2, -0.15) is 0 Å². The van der Waals surface area contributed by atoms with Crippen LogP contribution >= 0.6 is 0 Å². The number of rotatable bonds is 1. The summed E-state index contributed by atoms with van der Waals surface area (Å²) < 4.78 is 0. The molecule has 4 aliphatic rings. The summed E-state index contributed by atoms with van der Waals surface area (Å²) in [7, 11) is 0. The molecule has 0 unspecified atom stereocenters. The van der Waals surface area contributed by atoms with Gasteiger partial charge in [0.05, 0.1) is 11.5 Å².